The highest BCUT2D eigenvalue weighted by Crippen LogP contribution is 2.47. The topological polar surface area (TPSA) is 56.6 Å². The SMILES string of the molecule is CCc1cc2ccc([C@](C)(C#N)C3CCc4ccc(Br)cc43)cc2[nH]c1=O. The molecular weight excluding hydrogens is 400 g/mol. The molecule has 0 amide bonds. The number of hydrogen-bond acceptors (Lipinski definition) is 2. The lowest BCUT2D eigenvalue weighted by atomic mass is 9.70. The number of rotatable bonds is 3. The number of nitriles is 1. The maximum absolute atomic E-state index is 12.2. The Morgan fingerprint density at radius 3 is 2.81 bits per heavy atom. The molecule has 0 spiro atoms. The second-order valence-electron chi connectivity index (χ2n) is 7.53. The van der Waals surface area contributed by atoms with Gasteiger partial charge in [-0.2, -0.15) is 5.26 Å². The van der Waals surface area contributed by atoms with Crippen LogP contribution in [0.25, 0.3) is 10.9 Å². The summed E-state index contributed by atoms with van der Waals surface area (Å²) < 4.78 is 1.04. The zero-order valence-corrected chi connectivity index (χ0v) is 17.1. The number of pyridine rings is 1. The zero-order valence-electron chi connectivity index (χ0n) is 15.5. The van der Waals surface area contributed by atoms with Gasteiger partial charge in [-0.15, -0.1) is 0 Å². The molecule has 2 aromatic carbocycles. The molecule has 3 nitrogen and oxygen atoms in total. The Labute approximate surface area is 167 Å². The maximum Gasteiger partial charge on any atom is 0.251 e. The number of benzene rings is 2. The first-order valence-electron chi connectivity index (χ1n) is 9.32. The molecule has 0 saturated heterocycles. The van der Waals surface area contributed by atoms with Crippen molar-refractivity contribution in [3.8, 4) is 6.07 Å². The van der Waals surface area contributed by atoms with Crippen LogP contribution in [0.2, 0.25) is 0 Å². The number of aryl methyl sites for hydroxylation is 2. The van der Waals surface area contributed by atoms with Crippen LogP contribution in [-0.2, 0) is 18.3 Å². The molecule has 3 aromatic rings. The minimum atomic E-state index is -0.652. The third kappa shape index (κ3) is 2.91. The van der Waals surface area contributed by atoms with Crippen LogP contribution in [0.4, 0.5) is 0 Å². The molecule has 1 aliphatic carbocycles. The van der Waals surface area contributed by atoms with Crippen LogP contribution in [-0.4, -0.2) is 4.98 Å². The van der Waals surface area contributed by atoms with Gasteiger partial charge in [0.05, 0.1) is 11.5 Å². The second kappa shape index (κ2) is 6.65. The van der Waals surface area contributed by atoms with Crippen molar-refractivity contribution in [2.75, 3.05) is 0 Å². The Morgan fingerprint density at radius 1 is 1.26 bits per heavy atom. The fourth-order valence-corrected chi connectivity index (χ4v) is 4.73. The number of fused-ring (bicyclic) bond motifs is 2. The van der Waals surface area contributed by atoms with E-state index in [0.29, 0.717) is 6.42 Å². The van der Waals surface area contributed by atoms with Gasteiger partial charge in [0.2, 0.25) is 0 Å². The Balaban J connectivity index is 1.85. The zero-order chi connectivity index (χ0) is 19.2. The van der Waals surface area contributed by atoms with Gasteiger partial charge in [-0.1, -0.05) is 41.1 Å². The maximum atomic E-state index is 12.2. The molecular formula is C23H21BrN2O. The van der Waals surface area contributed by atoms with Gasteiger partial charge in [-0.25, -0.2) is 0 Å². The predicted octanol–water partition coefficient (Wildman–Crippen LogP) is 5.36. The van der Waals surface area contributed by atoms with Gasteiger partial charge < -0.3 is 4.98 Å². The minimum Gasteiger partial charge on any atom is -0.322 e. The van der Waals surface area contributed by atoms with Gasteiger partial charge in [-0.3, -0.25) is 4.79 Å². The summed E-state index contributed by atoms with van der Waals surface area (Å²) in [6, 6.07) is 17.0. The quantitative estimate of drug-likeness (QED) is 0.619. The summed E-state index contributed by atoms with van der Waals surface area (Å²) in [5, 5.41) is 11.2. The fourth-order valence-electron chi connectivity index (χ4n) is 4.35. The molecule has 2 atom stereocenters. The standard InChI is InChI=1S/C23H21BrN2O/c1-3-14-10-16-4-7-17(11-21(16)26-22(14)27)23(2,13-25)20-9-6-15-5-8-18(24)12-19(15)20/h4-5,7-8,10-12,20H,3,6,9H2,1-2H3,(H,26,27)/t20?,23-/m0/s1. The third-order valence-corrected chi connectivity index (χ3v) is 6.51. The van der Waals surface area contributed by atoms with E-state index in [0.717, 1.165) is 39.3 Å². The van der Waals surface area contributed by atoms with Crippen molar-refractivity contribution in [3.05, 3.63) is 79.5 Å². The van der Waals surface area contributed by atoms with Gasteiger partial charge >= 0.3 is 0 Å². The Bertz CT molecular complexity index is 1140. The molecule has 0 saturated carbocycles. The van der Waals surface area contributed by atoms with E-state index in [1.54, 1.807) is 0 Å². The van der Waals surface area contributed by atoms with Gasteiger partial charge in [0, 0.05) is 21.5 Å². The van der Waals surface area contributed by atoms with Gasteiger partial charge in [-0.05, 0) is 72.5 Å². The minimum absolute atomic E-state index is 0.0454. The number of aromatic amines is 1. The van der Waals surface area contributed by atoms with Crippen LogP contribution in [0.1, 0.15) is 48.4 Å². The molecule has 0 radical (unpaired) electrons. The van der Waals surface area contributed by atoms with Crippen molar-refractivity contribution in [1.29, 1.82) is 5.26 Å². The van der Waals surface area contributed by atoms with Gasteiger partial charge in [0.1, 0.15) is 0 Å². The van der Waals surface area contributed by atoms with E-state index in [-0.39, 0.29) is 11.5 Å². The summed E-state index contributed by atoms with van der Waals surface area (Å²) in [6.45, 7) is 4.00. The first kappa shape index (κ1) is 18.0. The Kier molecular flexibility index (Phi) is 4.44. The predicted molar refractivity (Wildman–Crippen MR) is 112 cm³/mol. The van der Waals surface area contributed by atoms with E-state index in [1.165, 1.54) is 11.1 Å². The first-order chi connectivity index (χ1) is 13.0. The highest BCUT2D eigenvalue weighted by Gasteiger charge is 2.41. The average Bonchev–Trinajstić information content (AvgIpc) is 3.09. The smallest absolute Gasteiger partial charge is 0.251 e. The van der Waals surface area contributed by atoms with E-state index in [9.17, 15) is 10.1 Å². The van der Waals surface area contributed by atoms with Gasteiger partial charge in [0.25, 0.3) is 5.56 Å². The van der Waals surface area contributed by atoms with E-state index in [2.05, 4.69) is 45.2 Å². The van der Waals surface area contributed by atoms with Crippen LogP contribution >= 0.6 is 15.9 Å². The molecule has 4 rings (SSSR count). The van der Waals surface area contributed by atoms with E-state index < -0.39 is 5.41 Å². The van der Waals surface area contributed by atoms with Crippen molar-refractivity contribution in [3.63, 3.8) is 0 Å². The molecule has 1 heterocycles. The summed E-state index contributed by atoms with van der Waals surface area (Å²) >= 11 is 3.57. The molecule has 1 aromatic heterocycles. The lowest BCUT2D eigenvalue weighted by Crippen LogP contribution is -2.27. The molecule has 1 N–H and O–H groups in total. The third-order valence-electron chi connectivity index (χ3n) is 6.02. The number of nitrogens with one attached hydrogen (secondary N) is 1. The number of hydrogen-bond donors (Lipinski definition) is 1. The average molecular weight is 421 g/mol. The van der Waals surface area contributed by atoms with Crippen molar-refractivity contribution >= 4 is 26.8 Å². The van der Waals surface area contributed by atoms with Gasteiger partial charge in [0.15, 0.2) is 0 Å². The molecule has 1 aliphatic rings. The monoisotopic (exact) mass is 420 g/mol. The number of halogens is 1. The molecule has 136 valence electrons. The molecule has 0 aliphatic heterocycles. The summed E-state index contributed by atoms with van der Waals surface area (Å²) in [7, 11) is 0. The highest BCUT2D eigenvalue weighted by atomic mass is 79.9. The van der Waals surface area contributed by atoms with Crippen LogP contribution < -0.4 is 5.56 Å². The van der Waals surface area contributed by atoms with Crippen molar-refractivity contribution < 1.29 is 0 Å². The Morgan fingerprint density at radius 2 is 2.07 bits per heavy atom. The highest BCUT2D eigenvalue weighted by molar-refractivity contribution is 9.10. The Hall–Kier alpha value is -2.38. The van der Waals surface area contributed by atoms with Crippen molar-refractivity contribution in [2.45, 2.75) is 44.4 Å². The number of H-pyrrole nitrogens is 1. The van der Waals surface area contributed by atoms with Crippen molar-refractivity contribution in [1.82, 2.24) is 4.98 Å². The van der Waals surface area contributed by atoms with Crippen LogP contribution in [0.3, 0.4) is 0 Å². The summed E-state index contributed by atoms with van der Waals surface area (Å²) in [4.78, 5) is 15.2. The van der Waals surface area contributed by atoms with E-state index in [4.69, 9.17) is 0 Å². The fraction of sp³-hybridized carbons (Fsp3) is 0.304. The molecule has 0 bridgehead atoms. The van der Waals surface area contributed by atoms with Crippen LogP contribution in [0.15, 0.2) is 51.7 Å². The normalized spacial score (nSPS) is 18.1. The number of nitrogens with zero attached hydrogens (tertiary/aromatic N) is 1. The summed E-state index contributed by atoms with van der Waals surface area (Å²) in [6.07, 6.45) is 2.66. The lowest BCUT2D eigenvalue weighted by Gasteiger charge is -2.30. The van der Waals surface area contributed by atoms with E-state index in [1.807, 2.05) is 38.1 Å². The van der Waals surface area contributed by atoms with E-state index >= 15 is 0 Å². The molecule has 27 heavy (non-hydrogen) atoms. The van der Waals surface area contributed by atoms with Crippen LogP contribution in [0, 0.1) is 11.3 Å². The van der Waals surface area contributed by atoms with Crippen LogP contribution in [0.5, 0.6) is 0 Å². The summed E-state index contributed by atoms with van der Waals surface area (Å²) in [5.74, 6) is 0.133. The summed E-state index contributed by atoms with van der Waals surface area (Å²) in [5.41, 5.74) is 4.41. The lowest BCUT2D eigenvalue weighted by molar-refractivity contribution is 0.469. The van der Waals surface area contributed by atoms with Crippen molar-refractivity contribution in [2.24, 2.45) is 0 Å². The molecule has 1 unspecified atom stereocenters. The first-order valence-corrected chi connectivity index (χ1v) is 10.1. The second-order valence-corrected chi connectivity index (χ2v) is 8.44. The molecule has 4 heteroatoms. The molecule has 0 fully saturated rings. The number of aromatic nitrogens is 1. The largest absolute Gasteiger partial charge is 0.322 e.